The van der Waals surface area contributed by atoms with Crippen molar-refractivity contribution in [2.45, 2.75) is 58.1 Å². The van der Waals surface area contributed by atoms with Gasteiger partial charge in [0.1, 0.15) is 16.7 Å². The highest BCUT2D eigenvalue weighted by Gasteiger charge is 2.38. The monoisotopic (exact) mass is 450 g/mol. The maximum atomic E-state index is 13.4. The lowest BCUT2D eigenvalue weighted by atomic mass is 10.0. The number of sulfonamides is 1. The first kappa shape index (κ1) is 25.2. The van der Waals surface area contributed by atoms with Crippen LogP contribution in [0.3, 0.4) is 0 Å². The predicted octanol–water partition coefficient (Wildman–Crippen LogP) is 2.33. The fraction of sp³-hybridized carbons (Fsp3) is 0.609. The topological polar surface area (TPSA) is 87.2 Å². The fourth-order valence-electron chi connectivity index (χ4n) is 3.28. The van der Waals surface area contributed by atoms with Gasteiger partial charge < -0.3 is 14.7 Å². The van der Waals surface area contributed by atoms with Crippen molar-refractivity contribution < 1.29 is 23.1 Å². The second-order valence-electron chi connectivity index (χ2n) is 8.70. The molecule has 8 heteroatoms. The van der Waals surface area contributed by atoms with E-state index >= 15 is 0 Å². The summed E-state index contributed by atoms with van der Waals surface area (Å²) in [4.78, 5) is 13.4. The third-order valence-electron chi connectivity index (χ3n) is 5.40. The Morgan fingerprint density at radius 2 is 2.03 bits per heavy atom. The molecule has 0 saturated carbocycles. The van der Waals surface area contributed by atoms with E-state index in [1.165, 1.54) is 17.3 Å². The lowest BCUT2D eigenvalue weighted by Gasteiger charge is -2.37. The van der Waals surface area contributed by atoms with Crippen molar-refractivity contribution in [2.75, 3.05) is 26.7 Å². The second-order valence-corrected chi connectivity index (χ2v) is 10.6. The van der Waals surface area contributed by atoms with Gasteiger partial charge in [0.2, 0.25) is 15.9 Å². The van der Waals surface area contributed by atoms with E-state index in [0.717, 1.165) is 6.42 Å². The number of nitrogens with zero attached hydrogens (tertiary/aromatic N) is 2. The number of ether oxygens (including phenoxy) is 1. The summed E-state index contributed by atoms with van der Waals surface area (Å²) in [7, 11) is -2.19. The number of fused-ring (bicyclic) bond motifs is 1. The summed E-state index contributed by atoms with van der Waals surface area (Å²) in [5, 5.41) is 9.68. The van der Waals surface area contributed by atoms with Crippen LogP contribution < -0.4 is 4.74 Å². The number of likely N-dealkylation sites (N-methyl/N-ethyl adjacent to an activating group) is 1. The van der Waals surface area contributed by atoms with Gasteiger partial charge in [-0.15, -0.1) is 0 Å². The number of benzene rings is 1. The van der Waals surface area contributed by atoms with Crippen molar-refractivity contribution in [2.24, 2.45) is 11.8 Å². The molecule has 7 nitrogen and oxygen atoms in total. The zero-order valence-electron chi connectivity index (χ0n) is 19.3. The van der Waals surface area contributed by atoms with E-state index in [0.29, 0.717) is 18.0 Å². The highest BCUT2D eigenvalue weighted by atomic mass is 32.2. The summed E-state index contributed by atoms with van der Waals surface area (Å²) in [6, 6.07) is 4.26. The number of aliphatic hydroxyl groups is 1. The molecule has 2 rings (SSSR count). The SMILES string of the molecule is CC(=O)N(C)C[C@H]1Oc2cc(C#CCC(C)C)ccc2S(=O)(=O)N([C@@H](C)CO)C[C@H]1C. The Bertz CT molecular complexity index is 948. The van der Waals surface area contributed by atoms with Gasteiger partial charge in [-0.3, -0.25) is 4.79 Å². The Kier molecular flexibility index (Phi) is 8.52. The van der Waals surface area contributed by atoms with Crippen LogP contribution in [-0.2, 0) is 14.8 Å². The molecule has 1 heterocycles. The minimum atomic E-state index is -3.89. The highest BCUT2D eigenvalue weighted by molar-refractivity contribution is 7.89. The van der Waals surface area contributed by atoms with Crippen LogP contribution in [-0.4, -0.2) is 67.5 Å². The van der Waals surface area contributed by atoms with Crippen molar-refractivity contribution in [3.63, 3.8) is 0 Å². The van der Waals surface area contributed by atoms with Crippen LogP contribution in [0.4, 0.5) is 0 Å². The third-order valence-corrected chi connectivity index (χ3v) is 7.42. The second kappa shape index (κ2) is 10.5. The summed E-state index contributed by atoms with van der Waals surface area (Å²) in [5.74, 6) is 6.54. The van der Waals surface area contributed by atoms with E-state index in [9.17, 15) is 18.3 Å². The summed E-state index contributed by atoms with van der Waals surface area (Å²) in [6.07, 6.45) is 0.316. The van der Waals surface area contributed by atoms with E-state index in [1.807, 2.05) is 6.92 Å². The van der Waals surface area contributed by atoms with E-state index < -0.39 is 22.2 Å². The van der Waals surface area contributed by atoms with E-state index in [2.05, 4.69) is 25.7 Å². The lowest BCUT2D eigenvalue weighted by Crippen LogP contribution is -2.50. The van der Waals surface area contributed by atoms with Crippen LogP contribution in [0.5, 0.6) is 5.75 Å². The molecule has 1 amide bonds. The average Bonchev–Trinajstić information content (AvgIpc) is 2.69. The Labute approximate surface area is 186 Å². The molecule has 0 unspecified atom stereocenters. The van der Waals surface area contributed by atoms with Gasteiger partial charge >= 0.3 is 0 Å². The molecule has 1 N–H and O–H groups in total. The minimum absolute atomic E-state index is 0.0459. The molecule has 31 heavy (non-hydrogen) atoms. The standard InChI is InChI=1S/C23H34N2O5S/c1-16(2)8-7-9-20-10-11-23-21(12-20)30-22(14-24(6)19(5)27)17(3)13-25(18(4)15-26)31(23,28)29/h10-12,16-18,22,26H,8,13-15H2,1-6H3/t17-,18+,22-/m1/s1. The van der Waals surface area contributed by atoms with Crippen molar-refractivity contribution in [3.8, 4) is 17.6 Å². The molecule has 172 valence electrons. The third kappa shape index (κ3) is 6.22. The predicted molar refractivity (Wildman–Crippen MR) is 120 cm³/mol. The summed E-state index contributed by atoms with van der Waals surface area (Å²) < 4.78 is 34.3. The zero-order chi connectivity index (χ0) is 23.3. The van der Waals surface area contributed by atoms with Gasteiger partial charge in [0.05, 0.1) is 13.2 Å². The molecule has 1 aromatic rings. The smallest absolute Gasteiger partial charge is 0.247 e. The minimum Gasteiger partial charge on any atom is -0.487 e. The summed E-state index contributed by atoms with van der Waals surface area (Å²) in [5.41, 5.74) is 0.670. The van der Waals surface area contributed by atoms with Gasteiger partial charge in [-0.1, -0.05) is 32.6 Å². The molecule has 0 fully saturated rings. The maximum absolute atomic E-state index is 13.4. The molecule has 1 aliphatic rings. The number of aliphatic hydroxyl groups excluding tert-OH is 1. The van der Waals surface area contributed by atoms with E-state index in [1.54, 1.807) is 31.0 Å². The van der Waals surface area contributed by atoms with Gasteiger partial charge in [0.25, 0.3) is 0 Å². The average molecular weight is 451 g/mol. The molecule has 0 aromatic heterocycles. The largest absolute Gasteiger partial charge is 0.487 e. The van der Waals surface area contributed by atoms with Crippen LogP contribution in [0.1, 0.15) is 46.6 Å². The van der Waals surface area contributed by atoms with Gasteiger partial charge in [0, 0.05) is 44.5 Å². The number of hydrogen-bond acceptors (Lipinski definition) is 5. The van der Waals surface area contributed by atoms with E-state index in [-0.39, 0.29) is 35.6 Å². The zero-order valence-corrected chi connectivity index (χ0v) is 20.1. The molecule has 3 atom stereocenters. The van der Waals surface area contributed by atoms with Crippen molar-refractivity contribution in [1.29, 1.82) is 0 Å². The maximum Gasteiger partial charge on any atom is 0.247 e. The van der Waals surface area contributed by atoms with Crippen molar-refractivity contribution in [3.05, 3.63) is 23.8 Å². The van der Waals surface area contributed by atoms with Crippen LogP contribution in [0.15, 0.2) is 23.1 Å². The highest BCUT2D eigenvalue weighted by Crippen LogP contribution is 2.34. The van der Waals surface area contributed by atoms with Crippen LogP contribution in [0.2, 0.25) is 0 Å². The summed E-state index contributed by atoms with van der Waals surface area (Å²) >= 11 is 0. The normalized spacial score (nSPS) is 21.7. The number of rotatable bonds is 5. The molecular formula is C23H34N2O5S. The van der Waals surface area contributed by atoms with Crippen LogP contribution >= 0.6 is 0 Å². The van der Waals surface area contributed by atoms with Crippen LogP contribution in [0.25, 0.3) is 0 Å². The van der Waals surface area contributed by atoms with Crippen LogP contribution in [0, 0.1) is 23.7 Å². The molecule has 0 spiro atoms. The van der Waals surface area contributed by atoms with Crippen molar-refractivity contribution >= 4 is 15.9 Å². The Morgan fingerprint density at radius 3 is 2.61 bits per heavy atom. The molecule has 1 aromatic carbocycles. The number of carbonyl (C=O) groups is 1. The number of amides is 1. The summed E-state index contributed by atoms with van der Waals surface area (Å²) in [6.45, 7) is 9.42. The first-order chi connectivity index (χ1) is 14.5. The first-order valence-electron chi connectivity index (χ1n) is 10.6. The molecule has 0 bridgehead atoms. The Hall–Kier alpha value is -2.08. The number of carbonyl (C=O) groups excluding carboxylic acids is 1. The lowest BCUT2D eigenvalue weighted by molar-refractivity contribution is -0.129. The molecule has 0 radical (unpaired) electrons. The van der Waals surface area contributed by atoms with Gasteiger partial charge in [0.15, 0.2) is 0 Å². The van der Waals surface area contributed by atoms with Gasteiger partial charge in [-0.25, -0.2) is 8.42 Å². The Balaban J connectivity index is 2.56. The van der Waals surface area contributed by atoms with E-state index in [4.69, 9.17) is 4.74 Å². The van der Waals surface area contributed by atoms with Gasteiger partial charge in [-0.2, -0.15) is 4.31 Å². The molecule has 1 aliphatic heterocycles. The molecule has 0 aliphatic carbocycles. The number of hydrogen-bond donors (Lipinski definition) is 1. The van der Waals surface area contributed by atoms with Crippen molar-refractivity contribution in [1.82, 2.24) is 9.21 Å². The first-order valence-corrected chi connectivity index (χ1v) is 12.0. The van der Waals surface area contributed by atoms with Gasteiger partial charge in [-0.05, 0) is 31.0 Å². The molecule has 0 saturated heterocycles. The fourth-order valence-corrected chi connectivity index (χ4v) is 5.10. The molecular weight excluding hydrogens is 416 g/mol. The Morgan fingerprint density at radius 1 is 1.35 bits per heavy atom. The quantitative estimate of drug-likeness (QED) is 0.696.